The molecule has 7 N–H and O–H groups in total. The average molecular weight is 196 g/mol. The molecule has 78 valence electrons. The molecule has 7 heteroatoms. The van der Waals surface area contributed by atoms with Crippen LogP contribution in [0.15, 0.2) is 0 Å². The van der Waals surface area contributed by atoms with E-state index in [-0.39, 0.29) is 6.29 Å². The van der Waals surface area contributed by atoms with Crippen molar-refractivity contribution in [1.82, 2.24) is 0 Å². The van der Waals surface area contributed by atoms with Crippen molar-refractivity contribution in [1.29, 1.82) is 0 Å². The quantitative estimate of drug-likeness (QED) is 0.187. The van der Waals surface area contributed by atoms with Gasteiger partial charge in [-0.25, -0.2) is 0 Å². The highest BCUT2D eigenvalue weighted by Crippen LogP contribution is 2.11. The Morgan fingerprint density at radius 2 is 2.08 bits per heavy atom. The molecule has 0 saturated carbocycles. The number of rotatable bonds is 6. The summed E-state index contributed by atoms with van der Waals surface area (Å²) in [6.07, 6.45) is -6.08. The number of carbonyl (C=O) groups excluding carboxylic acids is 1. The van der Waals surface area contributed by atoms with Gasteiger partial charge in [0, 0.05) is 0 Å². The van der Waals surface area contributed by atoms with Crippen LogP contribution in [0.2, 0.25) is 1.41 Å². The number of hydrogen-bond acceptors (Lipinski definition) is 7. The second kappa shape index (κ2) is 4.61. The lowest BCUT2D eigenvalue weighted by Crippen LogP contribution is -2.64. The molecule has 0 fully saturated rings. The molecule has 13 heavy (non-hydrogen) atoms. The smallest absolute Gasteiger partial charge is 0.175 e. The van der Waals surface area contributed by atoms with E-state index < -0.39 is 30.6 Å². The van der Waals surface area contributed by atoms with Gasteiger partial charge in [0.05, 0.1) is 6.61 Å². The molecule has 0 spiro atoms. The topological polar surface area (TPSA) is 144 Å². The van der Waals surface area contributed by atoms with E-state index >= 15 is 0 Å². The Morgan fingerprint density at radius 3 is 2.38 bits per heavy atom. The monoisotopic (exact) mass is 196 g/mol. The molecule has 4 atom stereocenters. The summed E-state index contributed by atoms with van der Waals surface area (Å²) in [5.74, 6) is 0. The third kappa shape index (κ3) is 2.69. The van der Waals surface area contributed by atoms with Crippen molar-refractivity contribution in [2.75, 3.05) is 6.61 Å². The van der Waals surface area contributed by atoms with E-state index in [1.807, 2.05) is 0 Å². The second-order valence-electron chi connectivity index (χ2n) is 2.60. The molecule has 0 radical (unpaired) electrons. The summed E-state index contributed by atoms with van der Waals surface area (Å²) in [5.41, 5.74) is -1.37. The first kappa shape index (κ1) is 10.5. The lowest BCUT2D eigenvalue weighted by molar-refractivity contribution is -0.178. The fourth-order valence-corrected chi connectivity index (χ4v) is 0.672. The Morgan fingerprint density at radius 1 is 1.54 bits per heavy atom. The molecule has 0 aliphatic carbocycles. The third-order valence-electron chi connectivity index (χ3n) is 1.58. The molecule has 0 bridgehead atoms. The van der Waals surface area contributed by atoms with Crippen molar-refractivity contribution in [2.45, 2.75) is 24.0 Å². The molecule has 0 saturated heterocycles. The van der Waals surface area contributed by atoms with Crippen molar-refractivity contribution in [3.05, 3.63) is 0 Å². The maximum absolute atomic E-state index is 10.1. The molecule has 0 aliphatic rings. The third-order valence-corrected chi connectivity index (χ3v) is 1.58. The number of nitrogens with two attached hydrogens (primary N) is 1. The average Bonchev–Trinajstić information content (AvgIpc) is 2.24. The van der Waals surface area contributed by atoms with Crippen molar-refractivity contribution in [3.8, 4) is 0 Å². The standard InChI is InChI=1S/C6H13NO6/c7-6(13,4(11)2-9)5(12)3(10)1-8/h2-5,8,10-13H,1,7H2/t3-,4+,5-,6-/m1/s1/i/hD. The molecule has 0 amide bonds. The highest BCUT2D eigenvalue weighted by Gasteiger charge is 2.42. The van der Waals surface area contributed by atoms with Gasteiger partial charge >= 0.3 is 0 Å². The highest BCUT2D eigenvalue weighted by atomic mass is 16.4. The normalized spacial score (nSPS) is 23.9. The van der Waals surface area contributed by atoms with Gasteiger partial charge in [-0.1, -0.05) is 0 Å². The lowest BCUT2D eigenvalue weighted by Gasteiger charge is -2.32. The number of hydrogen-bond donors (Lipinski definition) is 6. The molecule has 0 aliphatic heterocycles. The highest BCUT2D eigenvalue weighted by molar-refractivity contribution is 5.58. The summed E-state index contributed by atoms with van der Waals surface area (Å²) in [5, 5.41) is 44.8. The van der Waals surface area contributed by atoms with Gasteiger partial charge in [-0.2, -0.15) is 0 Å². The zero-order chi connectivity index (χ0) is 11.4. The second-order valence-corrected chi connectivity index (χ2v) is 2.60. The van der Waals surface area contributed by atoms with Gasteiger partial charge in [-0.05, 0) is 0 Å². The summed E-state index contributed by atoms with van der Waals surface area (Å²) >= 11 is 0. The maximum Gasteiger partial charge on any atom is 0.175 e. The summed E-state index contributed by atoms with van der Waals surface area (Å²) in [6, 6.07) is 0. The van der Waals surface area contributed by atoms with Crippen LogP contribution < -0.4 is 5.73 Å². The van der Waals surface area contributed by atoms with Gasteiger partial charge in [0.1, 0.15) is 13.6 Å². The number of aldehydes is 1. The Balaban J connectivity index is 4.74. The van der Waals surface area contributed by atoms with Crippen molar-refractivity contribution in [2.24, 2.45) is 5.73 Å². The predicted octanol–water partition coefficient (Wildman–Crippen LogP) is -4.09. The molecule has 0 aromatic rings. The Bertz CT molecular complexity index is 193. The molecule has 0 unspecified atom stereocenters. The zero-order valence-electron chi connectivity index (χ0n) is 7.66. The van der Waals surface area contributed by atoms with Crippen LogP contribution in [0.1, 0.15) is 0 Å². The first-order valence-electron chi connectivity index (χ1n) is 3.95. The lowest BCUT2D eigenvalue weighted by atomic mass is 9.97. The molecular weight excluding hydrogens is 182 g/mol. The van der Waals surface area contributed by atoms with E-state index in [1.54, 1.807) is 0 Å². The fraction of sp³-hybridized carbons (Fsp3) is 0.833. The van der Waals surface area contributed by atoms with Crippen LogP contribution in [-0.4, -0.2) is 62.5 Å². The van der Waals surface area contributed by atoms with E-state index in [1.165, 1.54) is 5.73 Å². The first-order valence-corrected chi connectivity index (χ1v) is 3.45. The molecule has 0 heterocycles. The first-order chi connectivity index (χ1) is 6.43. The van der Waals surface area contributed by atoms with E-state index in [0.717, 1.165) is 0 Å². The number of aliphatic hydroxyl groups is 5. The van der Waals surface area contributed by atoms with Crippen LogP contribution in [0.3, 0.4) is 0 Å². The van der Waals surface area contributed by atoms with E-state index in [9.17, 15) is 15.0 Å². The van der Waals surface area contributed by atoms with Gasteiger partial charge in [0.25, 0.3) is 0 Å². The van der Waals surface area contributed by atoms with Gasteiger partial charge in [0.2, 0.25) is 0 Å². The summed E-state index contributed by atoms with van der Waals surface area (Å²) in [7, 11) is 0. The molecule has 0 rings (SSSR count). The predicted molar refractivity (Wildman–Crippen MR) is 40.3 cm³/mol. The summed E-state index contributed by atoms with van der Waals surface area (Å²) in [4.78, 5) is 10.1. The van der Waals surface area contributed by atoms with Crippen LogP contribution in [0.25, 0.3) is 0 Å². The van der Waals surface area contributed by atoms with Crippen molar-refractivity contribution in [3.63, 3.8) is 0 Å². The number of carbonyl (C=O) groups is 1. The number of aliphatic hydroxyl groups excluding tert-OH is 4. The van der Waals surface area contributed by atoms with Crippen LogP contribution in [0.5, 0.6) is 0 Å². The van der Waals surface area contributed by atoms with Gasteiger partial charge in [-0.3, -0.25) is 5.73 Å². The zero-order valence-corrected chi connectivity index (χ0v) is 6.66. The van der Waals surface area contributed by atoms with Gasteiger partial charge in [-0.15, -0.1) is 0 Å². The SMILES string of the molecule is [2H]N[C@](O)([C@H](O)[C@H](O)CO)[C@@H](O)C=O. The van der Waals surface area contributed by atoms with Crippen molar-refractivity contribution < 1.29 is 31.7 Å². The van der Waals surface area contributed by atoms with Crippen LogP contribution in [-0.2, 0) is 4.79 Å². The van der Waals surface area contributed by atoms with E-state index in [4.69, 9.17) is 16.7 Å². The fourth-order valence-electron chi connectivity index (χ4n) is 0.672. The molecule has 0 aromatic carbocycles. The minimum absolute atomic E-state index is 0.116. The Kier molecular flexibility index (Phi) is 3.72. The maximum atomic E-state index is 10.1. The Hall–Kier alpha value is -0.570. The van der Waals surface area contributed by atoms with Crippen LogP contribution >= 0.6 is 0 Å². The van der Waals surface area contributed by atoms with Crippen molar-refractivity contribution >= 4 is 6.29 Å². The van der Waals surface area contributed by atoms with Gasteiger partial charge < -0.3 is 30.3 Å². The molecule has 0 aromatic heterocycles. The molecule has 7 nitrogen and oxygen atoms in total. The Labute approximate surface area is 75.5 Å². The largest absolute Gasteiger partial charge is 0.394 e. The summed E-state index contributed by atoms with van der Waals surface area (Å²) < 4.78 is 6.62. The molecular formula is C6H13NO6. The van der Waals surface area contributed by atoms with Crippen LogP contribution in [0.4, 0.5) is 0 Å². The van der Waals surface area contributed by atoms with Gasteiger partial charge in [0.15, 0.2) is 18.1 Å². The van der Waals surface area contributed by atoms with Crippen LogP contribution in [0, 0.1) is 0 Å². The van der Waals surface area contributed by atoms with E-state index in [0.29, 0.717) is 0 Å². The van der Waals surface area contributed by atoms with E-state index in [2.05, 4.69) is 0 Å². The minimum Gasteiger partial charge on any atom is -0.394 e. The minimum atomic E-state index is -2.72. The summed E-state index contributed by atoms with van der Waals surface area (Å²) in [6.45, 7) is -0.892.